The number of amides is 1. The number of hydrogen-bond donors (Lipinski definition) is 1. The number of nitrogens with one attached hydrogen (secondary N) is 1. The van der Waals surface area contributed by atoms with E-state index in [1.54, 1.807) is 6.92 Å². The van der Waals surface area contributed by atoms with Crippen LogP contribution in [0.3, 0.4) is 0 Å². The highest BCUT2D eigenvalue weighted by molar-refractivity contribution is 5.81. The van der Waals surface area contributed by atoms with Gasteiger partial charge in [-0.15, -0.1) is 0 Å². The summed E-state index contributed by atoms with van der Waals surface area (Å²) in [6.07, 6.45) is -0.568. The molecule has 0 radical (unpaired) electrons. The van der Waals surface area contributed by atoms with Gasteiger partial charge in [-0.3, -0.25) is 4.79 Å². The van der Waals surface area contributed by atoms with Crippen molar-refractivity contribution >= 4 is 5.91 Å². The molecule has 0 heterocycles. The fourth-order valence-electron chi connectivity index (χ4n) is 2.43. The lowest BCUT2D eigenvalue weighted by molar-refractivity contribution is -0.128. The zero-order valence-electron chi connectivity index (χ0n) is 15.6. The van der Waals surface area contributed by atoms with Crippen LogP contribution in [0.2, 0.25) is 0 Å². The third-order valence-electron chi connectivity index (χ3n) is 4.20. The highest BCUT2D eigenvalue weighted by Gasteiger charge is 2.18. The van der Waals surface area contributed by atoms with Crippen molar-refractivity contribution in [3.63, 3.8) is 0 Å². The number of aryl methyl sites for hydroxylation is 2. The van der Waals surface area contributed by atoms with Crippen molar-refractivity contribution in [2.75, 3.05) is 6.61 Å². The summed E-state index contributed by atoms with van der Waals surface area (Å²) in [4.78, 5) is 12.3. The molecule has 2 aromatic rings. The molecule has 0 fully saturated rings. The van der Waals surface area contributed by atoms with Crippen LogP contribution >= 0.6 is 0 Å². The van der Waals surface area contributed by atoms with E-state index in [0.717, 1.165) is 28.2 Å². The average Bonchev–Trinajstić information content (AvgIpc) is 2.58. The number of benzene rings is 2. The predicted molar refractivity (Wildman–Crippen MR) is 100 cm³/mol. The van der Waals surface area contributed by atoms with E-state index in [2.05, 4.69) is 5.32 Å². The molecule has 0 unspecified atom stereocenters. The van der Waals surface area contributed by atoms with Crippen LogP contribution < -0.4 is 14.8 Å². The lowest BCUT2D eigenvalue weighted by Crippen LogP contribution is -2.43. The van der Waals surface area contributed by atoms with Gasteiger partial charge in [0.25, 0.3) is 5.91 Å². The van der Waals surface area contributed by atoms with Crippen LogP contribution in [0, 0.1) is 20.8 Å². The van der Waals surface area contributed by atoms with Gasteiger partial charge in [0.1, 0.15) is 18.1 Å². The number of carbonyl (C=O) groups excluding carboxylic acids is 1. The van der Waals surface area contributed by atoms with Gasteiger partial charge in [-0.25, -0.2) is 0 Å². The molecule has 2 rings (SSSR count). The fraction of sp³-hybridized carbons (Fsp3) is 0.381. The summed E-state index contributed by atoms with van der Waals surface area (Å²) in [7, 11) is 0. The molecule has 25 heavy (non-hydrogen) atoms. The SMILES string of the molecule is Cc1ccccc1OC[C@@H](C)NC(=O)[C@H](C)Oc1cccc(C)c1C. The zero-order chi connectivity index (χ0) is 18.4. The summed E-state index contributed by atoms with van der Waals surface area (Å²) in [5.41, 5.74) is 3.27. The van der Waals surface area contributed by atoms with E-state index >= 15 is 0 Å². The molecular weight excluding hydrogens is 314 g/mol. The highest BCUT2D eigenvalue weighted by Crippen LogP contribution is 2.21. The van der Waals surface area contributed by atoms with Crippen LogP contribution in [-0.2, 0) is 4.79 Å². The van der Waals surface area contributed by atoms with Crippen molar-refractivity contribution in [1.82, 2.24) is 5.32 Å². The summed E-state index contributed by atoms with van der Waals surface area (Å²) in [6.45, 7) is 10.1. The summed E-state index contributed by atoms with van der Waals surface area (Å²) >= 11 is 0. The predicted octanol–water partition coefficient (Wildman–Crippen LogP) is 3.96. The molecular formula is C21H27NO3. The van der Waals surface area contributed by atoms with Crippen molar-refractivity contribution in [1.29, 1.82) is 0 Å². The summed E-state index contributed by atoms with van der Waals surface area (Å²) in [5.74, 6) is 1.43. The quantitative estimate of drug-likeness (QED) is 0.829. The molecule has 2 aromatic carbocycles. The maximum atomic E-state index is 12.3. The number of hydrogen-bond acceptors (Lipinski definition) is 3. The maximum Gasteiger partial charge on any atom is 0.261 e. The van der Waals surface area contributed by atoms with Crippen LogP contribution in [0.5, 0.6) is 11.5 Å². The number of carbonyl (C=O) groups is 1. The van der Waals surface area contributed by atoms with Gasteiger partial charge >= 0.3 is 0 Å². The molecule has 1 amide bonds. The summed E-state index contributed by atoms with van der Waals surface area (Å²) < 4.78 is 11.6. The van der Waals surface area contributed by atoms with Gasteiger partial charge in [0.05, 0.1) is 6.04 Å². The third kappa shape index (κ3) is 5.24. The molecule has 4 heteroatoms. The van der Waals surface area contributed by atoms with Gasteiger partial charge in [0.2, 0.25) is 0 Å². The molecule has 1 N–H and O–H groups in total. The second kappa shape index (κ2) is 8.56. The molecule has 0 saturated carbocycles. The largest absolute Gasteiger partial charge is 0.491 e. The Morgan fingerprint density at radius 2 is 1.60 bits per heavy atom. The van der Waals surface area contributed by atoms with E-state index in [9.17, 15) is 4.79 Å². The van der Waals surface area contributed by atoms with Crippen LogP contribution in [-0.4, -0.2) is 24.7 Å². The highest BCUT2D eigenvalue weighted by atomic mass is 16.5. The lowest BCUT2D eigenvalue weighted by atomic mass is 10.1. The molecule has 4 nitrogen and oxygen atoms in total. The Bertz CT molecular complexity index is 727. The van der Waals surface area contributed by atoms with Crippen molar-refractivity contribution in [2.45, 2.75) is 46.8 Å². The first kappa shape index (κ1) is 18.8. The van der Waals surface area contributed by atoms with Crippen LogP contribution in [0.15, 0.2) is 42.5 Å². The molecule has 134 valence electrons. The Morgan fingerprint density at radius 3 is 2.32 bits per heavy atom. The van der Waals surface area contributed by atoms with E-state index in [0.29, 0.717) is 6.61 Å². The van der Waals surface area contributed by atoms with Crippen molar-refractivity contribution < 1.29 is 14.3 Å². The topological polar surface area (TPSA) is 47.6 Å². The van der Waals surface area contributed by atoms with Gasteiger partial charge < -0.3 is 14.8 Å². The molecule has 2 atom stereocenters. The minimum absolute atomic E-state index is 0.114. The van der Waals surface area contributed by atoms with Gasteiger partial charge in [0.15, 0.2) is 6.10 Å². The van der Waals surface area contributed by atoms with Crippen molar-refractivity contribution in [2.24, 2.45) is 0 Å². The number of rotatable bonds is 7. The monoisotopic (exact) mass is 341 g/mol. The van der Waals surface area contributed by atoms with E-state index in [4.69, 9.17) is 9.47 Å². The molecule has 0 bridgehead atoms. The zero-order valence-corrected chi connectivity index (χ0v) is 15.6. The molecule has 0 aliphatic carbocycles. The van der Waals surface area contributed by atoms with Crippen LogP contribution in [0.25, 0.3) is 0 Å². The lowest BCUT2D eigenvalue weighted by Gasteiger charge is -2.20. The standard InChI is InChI=1S/C21H27NO3/c1-14-10-8-12-20(17(14)4)25-18(5)21(23)22-16(3)13-24-19-11-7-6-9-15(19)2/h6-12,16,18H,13H2,1-5H3,(H,22,23)/t16-,18+/m1/s1. The maximum absolute atomic E-state index is 12.3. The third-order valence-corrected chi connectivity index (χ3v) is 4.20. The molecule has 0 aliphatic heterocycles. The first-order valence-electron chi connectivity index (χ1n) is 8.60. The molecule has 0 saturated heterocycles. The Morgan fingerprint density at radius 1 is 0.960 bits per heavy atom. The van der Waals surface area contributed by atoms with E-state index in [-0.39, 0.29) is 11.9 Å². The van der Waals surface area contributed by atoms with Crippen molar-refractivity contribution in [3.05, 3.63) is 59.2 Å². The van der Waals surface area contributed by atoms with E-state index in [1.807, 2.05) is 70.2 Å². The average molecular weight is 341 g/mol. The first-order valence-corrected chi connectivity index (χ1v) is 8.60. The van der Waals surface area contributed by atoms with E-state index in [1.165, 1.54) is 0 Å². The summed E-state index contributed by atoms with van der Waals surface area (Å²) in [5, 5.41) is 2.93. The van der Waals surface area contributed by atoms with Gasteiger partial charge in [-0.1, -0.05) is 30.3 Å². The number of para-hydroxylation sites is 1. The van der Waals surface area contributed by atoms with Gasteiger partial charge in [-0.05, 0) is 63.4 Å². The Hall–Kier alpha value is -2.49. The van der Waals surface area contributed by atoms with Gasteiger partial charge in [-0.2, -0.15) is 0 Å². The van der Waals surface area contributed by atoms with Crippen LogP contribution in [0.1, 0.15) is 30.5 Å². The smallest absolute Gasteiger partial charge is 0.261 e. The van der Waals surface area contributed by atoms with Crippen molar-refractivity contribution in [3.8, 4) is 11.5 Å². The Kier molecular flexibility index (Phi) is 6.45. The number of ether oxygens (including phenoxy) is 2. The molecule has 0 aliphatic rings. The fourth-order valence-corrected chi connectivity index (χ4v) is 2.43. The second-order valence-electron chi connectivity index (χ2n) is 6.44. The molecule has 0 aromatic heterocycles. The first-order chi connectivity index (χ1) is 11.9. The summed E-state index contributed by atoms with van der Waals surface area (Å²) in [6, 6.07) is 13.6. The minimum Gasteiger partial charge on any atom is -0.491 e. The van der Waals surface area contributed by atoms with E-state index < -0.39 is 6.10 Å². The van der Waals surface area contributed by atoms with Crippen LogP contribution in [0.4, 0.5) is 0 Å². The Balaban J connectivity index is 1.85. The minimum atomic E-state index is -0.568. The normalized spacial score (nSPS) is 13.0. The Labute approximate surface area is 150 Å². The molecule has 0 spiro atoms. The second-order valence-corrected chi connectivity index (χ2v) is 6.44. The van der Waals surface area contributed by atoms with Gasteiger partial charge in [0, 0.05) is 0 Å².